The summed E-state index contributed by atoms with van der Waals surface area (Å²) in [6.45, 7) is 5.52. The van der Waals surface area contributed by atoms with Gasteiger partial charge in [0.25, 0.3) is 5.91 Å². The quantitative estimate of drug-likeness (QED) is 0.744. The molecule has 2 aromatic rings. The Morgan fingerprint density at radius 3 is 2.86 bits per heavy atom. The Labute approximate surface area is 174 Å². The lowest BCUT2D eigenvalue weighted by molar-refractivity contribution is -0.123. The Kier molecular flexibility index (Phi) is 4.62. The van der Waals surface area contributed by atoms with E-state index in [1.54, 1.807) is 19.1 Å². The van der Waals surface area contributed by atoms with Gasteiger partial charge in [-0.05, 0) is 61.2 Å². The Morgan fingerprint density at radius 1 is 1.34 bits per heavy atom. The molecule has 0 radical (unpaired) electrons. The number of guanidine groups is 1. The fourth-order valence-electron chi connectivity index (χ4n) is 4.03. The summed E-state index contributed by atoms with van der Waals surface area (Å²) in [5, 5.41) is 4.20. The van der Waals surface area contributed by atoms with Crippen LogP contribution in [0.15, 0.2) is 53.5 Å². The van der Waals surface area contributed by atoms with Crippen LogP contribution in [0.3, 0.4) is 0 Å². The van der Waals surface area contributed by atoms with Crippen molar-refractivity contribution in [3.8, 4) is 0 Å². The number of nitrogens with two attached hydrogens (primary N) is 1. The summed E-state index contributed by atoms with van der Waals surface area (Å²) in [4.78, 5) is 18.1. The number of carbonyl (C=O) groups is 1. The Balaban J connectivity index is 1.70. The molecule has 29 heavy (non-hydrogen) atoms. The molecule has 5 nitrogen and oxygen atoms in total. The van der Waals surface area contributed by atoms with Crippen molar-refractivity contribution in [1.82, 2.24) is 4.90 Å². The van der Waals surface area contributed by atoms with Crippen LogP contribution in [0.2, 0.25) is 5.02 Å². The third-order valence-electron chi connectivity index (χ3n) is 5.85. The monoisotopic (exact) mass is 412 g/mol. The second kappa shape index (κ2) is 6.88. The van der Waals surface area contributed by atoms with Crippen molar-refractivity contribution >= 4 is 29.2 Å². The van der Waals surface area contributed by atoms with Crippen LogP contribution >= 0.6 is 11.6 Å². The maximum atomic E-state index is 14.8. The van der Waals surface area contributed by atoms with Gasteiger partial charge in [-0.3, -0.25) is 9.69 Å². The first-order valence-electron chi connectivity index (χ1n) is 9.38. The molecule has 0 aromatic heterocycles. The standard InChI is InChI=1S/C22H22ClFN4O/c1-12-20(29)28(3)21(25)27-22(12,2)17-11-15(6-8-18(17)24)26-19-9-4-13-10-14(23)5-7-16(13)19/h5-8,10-11,19,26H,1,4,9H2,2-3H3,(H2,25,27)/t19?,22-/m0/s1. The SMILES string of the molecule is C=C1C(=O)N(C)C(N)=N[C@]1(C)c1cc(NC2CCc3cc(Cl)ccc32)ccc1F. The van der Waals surface area contributed by atoms with Crippen LogP contribution in [-0.2, 0) is 16.8 Å². The van der Waals surface area contributed by atoms with Gasteiger partial charge in [-0.2, -0.15) is 0 Å². The van der Waals surface area contributed by atoms with Crippen molar-refractivity contribution < 1.29 is 9.18 Å². The average molecular weight is 413 g/mol. The van der Waals surface area contributed by atoms with E-state index < -0.39 is 11.4 Å². The molecule has 4 rings (SSSR count). The number of anilines is 1. The zero-order valence-electron chi connectivity index (χ0n) is 16.3. The van der Waals surface area contributed by atoms with Crippen LogP contribution in [-0.4, -0.2) is 23.8 Å². The molecule has 1 unspecified atom stereocenters. The molecule has 0 saturated carbocycles. The van der Waals surface area contributed by atoms with Crippen LogP contribution in [0.1, 0.15) is 36.1 Å². The Bertz CT molecular complexity index is 1070. The third kappa shape index (κ3) is 3.17. The number of halogens is 2. The van der Waals surface area contributed by atoms with Crippen LogP contribution in [0.5, 0.6) is 0 Å². The van der Waals surface area contributed by atoms with Crippen LogP contribution in [0.25, 0.3) is 0 Å². The predicted octanol–water partition coefficient (Wildman–Crippen LogP) is 4.14. The maximum Gasteiger partial charge on any atom is 0.258 e. The predicted molar refractivity (Wildman–Crippen MR) is 113 cm³/mol. The summed E-state index contributed by atoms with van der Waals surface area (Å²) in [5.74, 6) is -0.810. The van der Waals surface area contributed by atoms with Crippen LogP contribution in [0, 0.1) is 5.82 Å². The number of rotatable bonds is 3. The number of aliphatic imine (C=N–C) groups is 1. The molecule has 0 bridgehead atoms. The van der Waals surface area contributed by atoms with Gasteiger partial charge in [-0.1, -0.05) is 24.2 Å². The van der Waals surface area contributed by atoms with Gasteiger partial charge in [0.05, 0.1) is 6.04 Å². The maximum absolute atomic E-state index is 14.8. The minimum absolute atomic E-state index is 0.0317. The van der Waals surface area contributed by atoms with Gasteiger partial charge in [0.2, 0.25) is 0 Å². The summed E-state index contributed by atoms with van der Waals surface area (Å²) in [5.41, 5.74) is 8.20. The van der Waals surface area contributed by atoms with Gasteiger partial charge >= 0.3 is 0 Å². The number of amides is 1. The number of hydrogen-bond acceptors (Lipinski definition) is 4. The number of nitrogens with zero attached hydrogens (tertiary/aromatic N) is 2. The lowest BCUT2D eigenvalue weighted by Gasteiger charge is -2.35. The molecule has 0 spiro atoms. The van der Waals surface area contributed by atoms with E-state index in [1.807, 2.05) is 18.2 Å². The third-order valence-corrected chi connectivity index (χ3v) is 6.08. The molecule has 0 fully saturated rings. The van der Waals surface area contributed by atoms with Gasteiger partial charge < -0.3 is 11.1 Å². The van der Waals surface area contributed by atoms with Crippen LogP contribution < -0.4 is 11.1 Å². The van der Waals surface area contributed by atoms with E-state index in [1.165, 1.54) is 29.1 Å². The van der Waals surface area contributed by atoms with Crippen molar-refractivity contribution in [3.05, 3.63) is 76.1 Å². The molecule has 0 saturated heterocycles. The van der Waals surface area contributed by atoms with Gasteiger partial charge in [-0.15, -0.1) is 0 Å². The molecule has 1 aliphatic heterocycles. The van der Waals surface area contributed by atoms with Gasteiger partial charge in [0.1, 0.15) is 11.4 Å². The number of nitrogens with one attached hydrogen (secondary N) is 1. The number of fused-ring (bicyclic) bond motifs is 1. The summed E-state index contributed by atoms with van der Waals surface area (Å²) < 4.78 is 14.8. The normalized spacial score (nSPS) is 23.8. The highest BCUT2D eigenvalue weighted by molar-refractivity contribution is 6.30. The fourth-order valence-corrected chi connectivity index (χ4v) is 4.23. The summed E-state index contributed by atoms with van der Waals surface area (Å²) >= 11 is 6.09. The summed E-state index contributed by atoms with van der Waals surface area (Å²) in [7, 11) is 1.52. The van der Waals surface area contributed by atoms with Gasteiger partial charge in [-0.25, -0.2) is 9.38 Å². The van der Waals surface area contributed by atoms with Crippen molar-refractivity contribution in [1.29, 1.82) is 0 Å². The molecule has 150 valence electrons. The zero-order valence-corrected chi connectivity index (χ0v) is 17.1. The Morgan fingerprint density at radius 2 is 2.10 bits per heavy atom. The van der Waals surface area contributed by atoms with Crippen molar-refractivity contribution in [2.45, 2.75) is 31.3 Å². The first-order chi connectivity index (χ1) is 13.7. The number of benzene rings is 2. The number of carbonyl (C=O) groups excluding carboxylic acids is 1. The lowest BCUT2D eigenvalue weighted by atomic mass is 9.83. The first-order valence-corrected chi connectivity index (χ1v) is 9.76. The van der Waals surface area contributed by atoms with E-state index in [0.29, 0.717) is 0 Å². The van der Waals surface area contributed by atoms with Crippen molar-refractivity contribution in [2.24, 2.45) is 10.7 Å². The summed E-state index contributed by atoms with van der Waals surface area (Å²) in [6.07, 6.45) is 1.85. The smallest absolute Gasteiger partial charge is 0.258 e. The first kappa shape index (κ1) is 19.5. The summed E-state index contributed by atoms with van der Waals surface area (Å²) in [6, 6.07) is 10.7. The van der Waals surface area contributed by atoms with Crippen molar-refractivity contribution in [3.63, 3.8) is 0 Å². The molecule has 7 heteroatoms. The highest BCUT2D eigenvalue weighted by atomic mass is 35.5. The number of likely N-dealkylation sites (N-methyl/N-ethyl adjacent to an activating group) is 1. The molecule has 1 heterocycles. The van der Waals surface area contributed by atoms with E-state index >= 15 is 0 Å². The molecular weight excluding hydrogens is 391 g/mol. The van der Waals surface area contributed by atoms with E-state index in [2.05, 4.69) is 16.9 Å². The average Bonchev–Trinajstić information content (AvgIpc) is 3.08. The Hall–Kier alpha value is -2.86. The zero-order chi connectivity index (χ0) is 20.9. The molecular formula is C22H22ClFN4O. The minimum Gasteiger partial charge on any atom is -0.378 e. The molecule has 2 atom stereocenters. The topological polar surface area (TPSA) is 70.7 Å². The number of hydrogen-bond donors (Lipinski definition) is 2. The van der Waals surface area contributed by atoms with E-state index in [4.69, 9.17) is 17.3 Å². The minimum atomic E-state index is -1.27. The highest BCUT2D eigenvalue weighted by Crippen LogP contribution is 2.40. The fraction of sp³-hybridized carbons (Fsp3) is 0.273. The second-order valence-electron chi connectivity index (χ2n) is 7.66. The van der Waals surface area contributed by atoms with E-state index in [9.17, 15) is 9.18 Å². The number of aryl methyl sites for hydroxylation is 1. The van der Waals surface area contributed by atoms with E-state index in [0.717, 1.165) is 23.6 Å². The molecule has 1 amide bonds. The highest BCUT2D eigenvalue weighted by Gasteiger charge is 2.42. The van der Waals surface area contributed by atoms with Gasteiger partial charge in [0.15, 0.2) is 5.96 Å². The second-order valence-corrected chi connectivity index (χ2v) is 8.09. The lowest BCUT2D eigenvalue weighted by Crippen LogP contribution is -2.49. The van der Waals surface area contributed by atoms with Crippen molar-refractivity contribution in [2.75, 3.05) is 12.4 Å². The van der Waals surface area contributed by atoms with Gasteiger partial charge in [0, 0.05) is 28.9 Å². The molecule has 1 aliphatic carbocycles. The van der Waals surface area contributed by atoms with E-state index in [-0.39, 0.29) is 29.0 Å². The molecule has 2 aliphatic rings. The molecule has 3 N–H and O–H groups in total. The van der Waals surface area contributed by atoms with Crippen LogP contribution in [0.4, 0.5) is 10.1 Å². The largest absolute Gasteiger partial charge is 0.378 e. The molecule has 2 aromatic carbocycles.